The molecule has 0 spiro atoms. The van der Waals surface area contributed by atoms with Gasteiger partial charge in [0, 0.05) is 52.0 Å². The van der Waals surface area contributed by atoms with Gasteiger partial charge in [-0.05, 0) is 18.6 Å². The number of carbonyl (C=O) groups is 1. The summed E-state index contributed by atoms with van der Waals surface area (Å²) in [4.78, 5) is 17.5. The third-order valence-electron chi connectivity index (χ3n) is 3.68. The Morgan fingerprint density at radius 3 is 2.81 bits per heavy atom. The van der Waals surface area contributed by atoms with E-state index < -0.39 is 0 Å². The van der Waals surface area contributed by atoms with Crippen LogP contribution in [0.2, 0.25) is 0 Å². The highest BCUT2D eigenvalue weighted by Gasteiger charge is 2.23. The van der Waals surface area contributed by atoms with E-state index in [0.717, 1.165) is 25.5 Å². The maximum absolute atomic E-state index is 11.5. The molecule has 2 N–H and O–H groups in total. The summed E-state index contributed by atoms with van der Waals surface area (Å²) in [6.45, 7) is 1.45. The molecule has 21 heavy (non-hydrogen) atoms. The number of piperidine rings is 1. The molecule has 1 saturated heterocycles. The van der Waals surface area contributed by atoms with Gasteiger partial charge in [-0.25, -0.2) is 0 Å². The van der Waals surface area contributed by atoms with E-state index in [0.29, 0.717) is 6.42 Å². The molecule has 0 radical (unpaired) electrons. The highest BCUT2D eigenvalue weighted by molar-refractivity contribution is 14.0. The van der Waals surface area contributed by atoms with Gasteiger partial charge in [-0.3, -0.25) is 9.79 Å². The number of hydrogen-bond acceptors (Lipinski definition) is 2. The first-order chi connectivity index (χ1) is 9.60. The van der Waals surface area contributed by atoms with Crippen molar-refractivity contribution < 1.29 is 4.79 Å². The average molecular weight is 405 g/mol. The Balaban J connectivity index is 0.00000220. The Bertz CT molecular complexity index is 499. The van der Waals surface area contributed by atoms with E-state index in [2.05, 4.69) is 26.3 Å². The number of hydrogen-bond donors (Lipinski definition) is 2. The lowest BCUT2D eigenvalue weighted by Crippen LogP contribution is -2.51. The molecule has 7 heteroatoms. The molecule has 1 aliphatic heterocycles. The standard InChI is InChI=1S/C14H23N5O.HI/c1-15-14(16-9-12-5-4-8-18(12)2)17-11-6-7-13(20)19(3)10-11;/h4-5,8,11H,6-7,9-10H2,1-3H3,(H2,15,16,17);1H. The van der Waals surface area contributed by atoms with E-state index >= 15 is 0 Å². The molecule has 0 aromatic carbocycles. The molecule has 1 unspecified atom stereocenters. The van der Waals surface area contributed by atoms with Crippen LogP contribution in [0, 0.1) is 0 Å². The number of aromatic nitrogens is 1. The van der Waals surface area contributed by atoms with Crippen LogP contribution in [0.1, 0.15) is 18.5 Å². The number of nitrogens with zero attached hydrogens (tertiary/aromatic N) is 3. The molecule has 1 atom stereocenters. The molecule has 0 saturated carbocycles. The van der Waals surface area contributed by atoms with Gasteiger partial charge >= 0.3 is 0 Å². The van der Waals surface area contributed by atoms with Gasteiger partial charge in [-0.1, -0.05) is 0 Å². The predicted octanol–water partition coefficient (Wildman–Crippen LogP) is 0.929. The van der Waals surface area contributed by atoms with Crippen LogP contribution in [-0.4, -0.2) is 48.0 Å². The number of amides is 1. The molecular formula is C14H24IN5O. The smallest absolute Gasteiger partial charge is 0.222 e. The maximum Gasteiger partial charge on any atom is 0.222 e. The number of rotatable bonds is 3. The lowest BCUT2D eigenvalue weighted by atomic mass is 10.1. The SMILES string of the molecule is CN=C(NCc1cccn1C)NC1CCC(=O)N(C)C1.I. The van der Waals surface area contributed by atoms with Crippen molar-refractivity contribution in [3.8, 4) is 0 Å². The normalized spacial score (nSPS) is 19.2. The van der Waals surface area contributed by atoms with E-state index in [1.807, 2.05) is 26.4 Å². The molecule has 1 amide bonds. The Morgan fingerprint density at radius 1 is 1.48 bits per heavy atom. The van der Waals surface area contributed by atoms with Gasteiger partial charge in [0.1, 0.15) is 0 Å². The predicted molar refractivity (Wildman–Crippen MR) is 94.8 cm³/mol. The van der Waals surface area contributed by atoms with Crippen LogP contribution in [0.25, 0.3) is 0 Å². The van der Waals surface area contributed by atoms with Gasteiger partial charge in [0.25, 0.3) is 0 Å². The summed E-state index contributed by atoms with van der Waals surface area (Å²) in [5.74, 6) is 0.994. The molecule has 118 valence electrons. The number of halogens is 1. The number of likely N-dealkylation sites (N-methyl/N-ethyl adjacent to an activating group) is 1. The maximum atomic E-state index is 11.5. The van der Waals surface area contributed by atoms with Gasteiger partial charge in [0.05, 0.1) is 6.54 Å². The van der Waals surface area contributed by atoms with Crippen molar-refractivity contribution in [3.05, 3.63) is 24.0 Å². The zero-order valence-electron chi connectivity index (χ0n) is 12.8. The Labute approximate surface area is 143 Å². The minimum absolute atomic E-state index is 0. The van der Waals surface area contributed by atoms with Crippen molar-refractivity contribution in [2.75, 3.05) is 20.6 Å². The van der Waals surface area contributed by atoms with E-state index in [4.69, 9.17) is 0 Å². The first-order valence-corrected chi connectivity index (χ1v) is 6.91. The minimum atomic E-state index is 0. The summed E-state index contributed by atoms with van der Waals surface area (Å²) in [5, 5.41) is 6.67. The third kappa shape index (κ3) is 4.90. The zero-order chi connectivity index (χ0) is 14.5. The van der Waals surface area contributed by atoms with Gasteiger partial charge in [0.15, 0.2) is 5.96 Å². The summed E-state index contributed by atoms with van der Waals surface area (Å²) in [6.07, 6.45) is 3.48. The summed E-state index contributed by atoms with van der Waals surface area (Å²) in [7, 11) is 5.63. The first-order valence-electron chi connectivity index (χ1n) is 6.91. The molecule has 1 aliphatic rings. The van der Waals surface area contributed by atoms with Crippen molar-refractivity contribution in [2.45, 2.75) is 25.4 Å². The molecule has 0 aliphatic carbocycles. The molecule has 1 aromatic rings. The van der Waals surface area contributed by atoms with Crippen molar-refractivity contribution in [2.24, 2.45) is 12.0 Å². The second-order valence-corrected chi connectivity index (χ2v) is 5.19. The monoisotopic (exact) mass is 405 g/mol. The van der Waals surface area contributed by atoms with Crippen LogP contribution in [0.4, 0.5) is 0 Å². The Morgan fingerprint density at radius 2 is 2.24 bits per heavy atom. The summed E-state index contributed by atoms with van der Waals surface area (Å²) in [6, 6.07) is 4.36. The Hall–Kier alpha value is -1.25. The van der Waals surface area contributed by atoms with Gasteiger partial charge in [-0.15, -0.1) is 24.0 Å². The van der Waals surface area contributed by atoms with Crippen LogP contribution in [0.5, 0.6) is 0 Å². The van der Waals surface area contributed by atoms with Crippen LogP contribution >= 0.6 is 24.0 Å². The molecule has 1 fully saturated rings. The number of nitrogens with one attached hydrogen (secondary N) is 2. The summed E-state index contributed by atoms with van der Waals surface area (Å²) >= 11 is 0. The van der Waals surface area contributed by atoms with Gasteiger partial charge in [0.2, 0.25) is 5.91 Å². The second kappa shape index (κ2) is 8.26. The van der Waals surface area contributed by atoms with Crippen molar-refractivity contribution >= 4 is 35.8 Å². The molecule has 1 aromatic heterocycles. The lowest BCUT2D eigenvalue weighted by Gasteiger charge is -2.31. The lowest BCUT2D eigenvalue weighted by molar-refractivity contribution is -0.132. The Kier molecular flexibility index (Phi) is 7.00. The van der Waals surface area contributed by atoms with Crippen LogP contribution in [-0.2, 0) is 18.4 Å². The van der Waals surface area contributed by atoms with E-state index in [1.54, 1.807) is 11.9 Å². The fraction of sp³-hybridized carbons (Fsp3) is 0.571. The van der Waals surface area contributed by atoms with Crippen molar-refractivity contribution in [3.63, 3.8) is 0 Å². The minimum Gasteiger partial charge on any atom is -0.353 e. The number of guanidine groups is 1. The van der Waals surface area contributed by atoms with Crippen LogP contribution in [0.15, 0.2) is 23.3 Å². The van der Waals surface area contributed by atoms with E-state index in [-0.39, 0.29) is 35.9 Å². The largest absolute Gasteiger partial charge is 0.353 e. The summed E-state index contributed by atoms with van der Waals surface area (Å²) < 4.78 is 2.08. The molecule has 2 heterocycles. The quantitative estimate of drug-likeness (QED) is 0.447. The molecule has 6 nitrogen and oxygen atoms in total. The fourth-order valence-corrected chi connectivity index (χ4v) is 2.37. The zero-order valence-corrected chi connectivity index (χ0v) is 15.1. The number of likely N-dealkylation sites (tertiary alicyclic amines) is 1. The second-order valence-electron chi connectivity index (χ2n) is 5.19. The number of aryl methyl sites for hydroxylation is 1. The summed E-state index contributed by atoms with van der Waals surface area (Å²) in [5.41, 5.74) is 1.20. The molecule has 2 rings (SSSR count). The third-order valence-corrected chi connectivity index (χ3v) is 3.68. The van der Waals surface area contributed by atoms with Gasteiger partial charge < -0.3 is 20.1 Å². The first kappa shape index (κ1) is 17.8. The van der Waals surface area contributed by atoms with E-state index in [9.17, 15) is 4.79 Å². The van der Waals surface area contributed by atoms with Crippen LogP contribution < -0.4 is 10.6 Å². The van der Waals surface area contributed by atoms with E-state index in [1.165, 1.54) is 5.69 Å². The fourth-order valence-electron chi connectivity index (χ4n) is 2.37. The molecule has 0 bridgehead atoms. The molecular weight excluding hydrogens is 381 g/mol. The number of carbonyl (C=O) groups excluding carboxylic acids is 1. The van der Waals surface area contributed by atoms with Crippen molar-refractivity contribution in [1.29, 1.82) is 0 Å². The number of aliphatic imine (C=N–C) groups is 1. The average Bonchev–Trinajstić information content (AvgIpc) is 2.84. The van der Waals surface area contributed by atoms with Crippen LogP contribution in [0.3, 0.4) is 0 Å². The highest BCUT2D eigenvalue weighted by atomic mass is 127. The highest BCUT2D eigenvalue weighted by Crippen LogP contribution is 2.09. The van der Waals surface area contributed by atoms with Gasteiger partial charge in [-0.2, -0.15) is 0 Å². The topological polar surface area (TPSA) is 61.7 Å². The van der Waals surface area contributed by atoms with Crippen molar-refractivity contribution in [1.82, 2.24) is 20.1 Å².